The number of halogens is 1. The van der Waals surface area contributed by atoms with Crippen LogP contribution in [0.1, 0.15) is 56.9 Å². The Labute approximate surface area is 152 Å². The molecule has 3 rings (SSSR count). The molecule has 1 aromatic rings. The van der Waals surface area contributed by atoms with Crippen LogP contribution in [0.2, 0.25) is 0 Å². The number of benzene rings is 1. The summed E-state index contributed by atoms with van der Waals surface area (Å²) in [5.41, 5.74) is 1.41. The maximum atomic E-state index is 12.1. The number of amides is 1. The average Bonchev–Trinajstić information content (AvgIpc) is 2.90. The van der Waals surface area contributed by atoms with Gasteiger partial charge >= 0.3 is 0 Å². The van der Waals surface area contributed by atoms with Crippen molar-refractivity contribution < 1.29 is 4.79 Å². The molecule has 2 aliphatic heterocycles. The highest BCUT2D eigenvalue weighted by Crippen LogP contribution is 2.32. The van der Waals surface area contributed by atoms with Gasteiger partial charge in [-0.2, -0.15) is 0 Å². The van der Waals surface area contributed by atoms with Gasteiger partial charge in [-0.05, 0) is 56.4 Å². The molecule has 0 radical (unpaired) electrons. The molecule has 1 aromatic carbocycles. The molecule has 2 saturated heterocycles. The SMILES string of the molecule is Cl.O=C(CC1CC2CCC(C1)N2)NCCCCCc1ccccc1. The third kappa shape index (κ3) is 6.10. The first kappa shape index (κ1) is 19.3. The fourth-order valence-corrected chi connectivity index (χ4v) is 4.18. The minimum Gasteiger partial charge on any atom is -0.356 e. The first-order valence-corrected chi connectivity index (χ1v) is 9.36. The van der Waals surface area contributed by atoms with Crippen molar-refractivity contribution in [3.63, 3.8) is 0 Å². The second kappa shape index (κ2) is 10.0. The summed E-state index contributed by atoms with van der Waals surface area (Å²) >= 11 is 0. The van der Waals surface area contributed by atoms with Crippen LogP contribution in [-0.2, 0) is 11.2 Å². The molecule has 2 N–H and O–H groups in total. The average molecular weight is 351 g/mol. The molecule has 1 amide bonds. The molecule has 2 bridgehead atoms. The van der Waals surface area contributed by atoms with Crippen molar-refractivity contribution in [1.82, 2.24) is 10.6 Å². The van der Waals surface area contributed by atoms with E-state index in [1.807, 2.05) is 0 Å². The number of aryl methyl sites for hydroxylation is 1. The van der Waals surface area contributed by atoms with Gasteiger partial charge < -0.3 is 10.6 Å². The molecular formula is C20H31ClN2O. The summed E-state index contributed by atoms with van der Waals surface area (Å²) in [6, 6.07) is 12.0. The smallest absolute Gasteiger partial charge is 0.220 e. The highest BCUT2D eigenvalue weighted by atomic mass is 35.5. The Balaban J connectivity index is 0.00000208. The zero-order valence-corrected chi connectivity index (χ0v) is 15.3. The van der Waals surface area contributed by atoms with E-state index < -0.39 is 0 Å². The van der Waals surface area contributed by atoms with Gasteiger partial charge in [0.25, 0.3) is 0 Å². The van der Waals surface area contributed by atoms with E-state index in [0.717, 1.165) is 25.8 Å². The van der Waals surface area contributed by atoms with Gasteiger partial charge in [0.15, 0.2) is 0 Å². The largest absolute Gasteiger partial charge is 0.356 e. The van der Waals surface area contributed by atoms with Crippen molar-refractivity contribution in [3.8, 4) is 0 Å². The fourth-order valence-electron chi connectivity index (χ4n) is 4.18. The maximum absolute atomic E-state index is 12.1. The van der Waals surface area contributed by atoms with Crippen molar-refractivity contribution in [2.45, 2.75) is 69.9 Å². The highest BCUT2D eigenvalue weighted by Gasteiger charge is 2.33. The molecule has 2 heterocycles. The number of nitrogens with one attached hydrogen (secondary N) is 2. The Bertz CT molecular complexity index is 482. The van der Waals surface area contributed by atoms with E-state index in [1.165, 1.54) is 44.1 Å². The number of hydrogen-bond acceptors (Lipinski definition) is 2. The topological polar surface area (TPSA) is 41.1 Å². The van der Waals surface area contributed by atoms with Crippen LogP contribution < -0.4 is 10.6 Å². The second-order valence-electron chi connectivity index (χ2n) is 7.33. The monoisotopic (exact) mass is 350 g/mol. The Morgan fingerprint density at radius 1 is 1.04 bits per heavy atom. The van der Waals surface area contributed by atoms with Crippen LogP contribution in [0, 0.1) is 5.92 Å². The third-order valence-electron chi connectivity index (χ3n) is 5.35. The van der Waals surface area contributed by atoms with Gasteiger partial charge in [0.2, 0.25) is 5.91 Å². The van der Waals surface area contributed by atoms with Crippen LogP contribution in [0.15, 0.2) is 30.3 Å². The Morgan fingerprint density at radius 2 is 1.75 bits per heavy atom. The van der Waals surface area contributed by atoms with E-state index in [4.69, 9.17) is 0 Å². The van der Waals surface area contributed by atoms with Crippen molar-refractivity contribution in [1.29, 1.82) is 0 Å². The molecule has 0 saturated carbocycles. The predicted molar refractivity (Wildman–Crippen MR) is 102 cm³/mol. The minimum atomic E-state index is 0. The molecular weight excluding hydrogens is 320 g/mol. The Morgan fingerprint density at radius 3 is 2.46 bits per heavy atom. The summed E-state index contributed by atoms with van der Waals surface area (Å²) in [6.45, 7) is 0.839. The van der Waals surface area contributed by atoms with Crippen LogP contribution in [0.25, 0.3) is 0 Å². The third-order valence-corrected chi connectivity index (χ3v) is 5.35. The van der Waals surface area contributed by atoms with E-state index in [1.54, 1.807) is 0 Å². The van der Waals surface area contributed by atoms with Crippen molar-refractivity contribution >= 4 is 18.3 Å². The number of rotatable bonds is 8. The lowest BCUT2D eigenvalue weighted by Gasteiger charge is -2.28. The lowest BCUT2D eigenvalue weighted by atomic mass is 9.89. The summed E-state index contributed by atoms with van der Waals surface area (Å²) in [4.78, 5) is 12.1. The first-order chi connectivity index (χ1) is 11.3. The summed E-state index contributed by atoms with van der Waals surface area (Å²) in [7, 11) is 0. The molecule has 134 valence electrons. The highest BCUT2D eigenvalue weighted by molar-refractivity contribution is 5.85. The number of hydrogen-bond donors (Lipinski definition) is 2. The lowest BCUT2D eigenvalue weighted by Crippen LogP contribution is -2.39. The fraction of sp³-hybridized carbons (Fsp3) is 0.650. The number of piperidine rings is 1. The molecule has 2 fully saturated rings. The number of unbranched alkanes of at least 4 members (excludes halogenated alkanes) is 2. The van der Waals surface area contributed by atoms with Crippen molar-refractivity contribution in [2.24, 2.45) is 5.92 Å². The molecule has 3 nitrogen and oxygen atoms in total. The summed E-state index contributed by atoms with van der Waals surface area (Å²) in [5, 5.41) is 6.76. The van der Waals surface area contributed by atoms with Gasteiger partial charge in [0, 0.05) is 25.0 Å². The lowest BCUT2D eigenvalue weighted by molar-refractivity contribution is -0.122. The Hall–Kier alpha value is -1.06. The minimum absolute atomic E-state index is 0. The summed E-state index contributed by atoms with van der Waals surface area (Å²) < 4.78 is 0. The quantitative estimate of drug-likeness (QED) is 0.699. The van der Waals surface area contributed by atoms with Crippen LogP contribution in [0.5, 0.6) is 0 Å². The zero-order chi connectivity index (χ0) is 15.9. The second-order valence-corrected chi connectivity index (χ2v) is 7.33. The number of carbonyl (C=O) groups is 1. The van der Waals surface area contributed by atoms with Gasteiger partial charge in [-0.1, -0.05) is 36.8 Å². The van der Waals surface area contributed by atoms with E-state index >= 15 is 0 Å². The molecule has 0 spiro atoms. The van der Waals surface area contributed by atoms with Gasteiger partial charge in [0.05, 0.1) is 0 Å². The zero-order valence-electron chi connectivity index (χ0n) is 14.5. The molecule has 2 unspecified atom stereocenters. The summed E-state index contributed by atoms with van der Waals surface area (Å²) in [5.74, 6) is 0.867. The van der Waals surface area contributed by atoms with Crippen LogP contribution in [0.4, 0.5) is 0 Å². The van der Waals surface area contributed by atoms with Crippen LogP contribution >= 0.6 is 12.4 Å². The van der Waals surface area contributed by atoms with Gasteiger partial charge in [-0.25, -0.2) is 0 Å². The first-order valence-electron chi connectivity index (χ1n) is 9.36. The van der Waals surface area contributed by atoms with Crippen molar-refractivity contribution in [3.05, 3.63) is 35.9 Å². The molecule has 0 aliphatic carbocycles. The normalized spacial score (nSPS) is 25.1. The number of carbonyl (C=O) groups excluding carboxylic acids is 1. The van der Waals surface area contributed by atoms with Crippen LogP contribution in [-0.4, -0.2) is 24.5 Å². The molecule has 24 heavy (non-hydrogen) atoms. The molecule has 4 heteroatoms. The van der Waals surface area contributed by atoms with E-state index in [0.29, 0.717) is 18.0 Å². The van der Waals surface area contributed by atoms with Gasteiger partial charge in [-0.3, -0.25) is 4.79 Å². The van der Waals surface area contributed by atoms with Crippen LogP contribution in [0.3, 0.4) is 0 Å². The van der Waals surface area contributed by atoms with E-state index in [9.17, 15) is 4.79 Å². The van der Waals surface area contributed by atoms with Gasteiger partial charge in [0.1, 0.15) is 0 Å². The standard InChI is InChI=1S/C20H30N2O.ClH/c23-20(15-17-13-18-10-11-19(14-17)22-18)21-12-6-2-5-9-16-7-3-1-4-8-16;/h1,3-4,7-8,17-19,22H,2,5-6,9-15H2,(H,21,23);1H. The molecule has 2 atom stereocenters. The van der Waals surface area contributed by atoms with Crippen molar-refractivity contribution in [2.75, 3.05) is 6.54 Å². The Kier molecular flexibility index (Phi) is 8.07. The van der Waals surface area contributed by atoms with Gasteiger partial charge in [-0.15, -0.1) is 12.4 Å². The molecule has 0 aromatic heterocycles. The molecule has 2 aliphatic rings. The summed E-state index contributed by atoms with van der Waals surface area (Å²) in [6.07, 6.45) is 10.4. The maximum Gasteiger partial charge on any atom is 0.220 e. The van der Waals surface area contributed by atoms with E-state index in [-0.39, 0.29) is 18.3 Å². The number of fused-ring (bicyclic) bond motifs is 2. The van der Waals surface area contributed by atoms with E-state index in [2.05, 4.69) is 41.0 Å². The predicted octanol–water partition coefficient (Wildman–Crippen LogP) is 3.86.